The van der Waals surface area contributed by atoms with Crippen molar-refractivity contribution in [3.05, 3.63) is 0 Å². The van der Waals surface area contributed by atoms with E-state index in [1.54, 1.807) is 0 Å². The molecule has 0 aliphatic heterocycles. The van der Waals surface area contributed by atoms with Crippen LogP contribution in [0, 0.1) is 0 Å². The van der Waals surface area contributed by atoms with Gasteiger partial charge in [0.1, 0.15) is 0 Å². The van der Waals surface area contributed by atoms with E-state index in [1.165, 1.54) is 0 Å². The van der Waals surface area contributed by atoms with E-state index in [1.807, 2.05) is 0 Å². The van der Waals surface area contributed by atoms with E-state index in [9.17, 15) is 35.1 Å². The summed E-state index contributed by atoms with van der Waals surface area (Å²) in [7, 11) is 0. The Labute approximate surface area is 72.6 Å². The SMILES string of the molecule is FC(CC(F)(F)F)OC(F)C(F)(F)F. The number of alkyl halides is 8. The molecule has 2 atom stereocenters. The summed E-state index contributed by atoms with van der Waals surface area (Å²) in [5, 5.41) is 0. The van der Waals surface area contributed by atoms with Crippen LogP contribution >= 0.6 is 0 Å². The zero-order chi connectivity index (χ0) is 11.6. The Morgan fingerprint density at radius 2 is 1.36 bits per heavy atom. The third-order valence-electron chi connectivity index (χ3n) is 0.916. The molecule has 0 aliphatic carbocycles. The van der Waals surface area contributed by atoms with Crippen molar-refractivity contribution in [2.45, 2.75) is 31.5 Å². The Balaban J connectivity index is 4.01. The summed E-state index contributed by atoms with van der Waals surface area (Å²) in [6.07, 6.45) is -20.3. The zero-order valence-electron chi connectivity index (χ0n) is 6.29. The molecule has 0 saturated heterocycles. The Hall–Kier alpha value is -0.600. The second-order valence-corrected chi connectivity index (χ2v) is 2.22. The zero-order valence-corrected chi connectivity index (χ0v) is 6.29. The van der Waals surface area contributed by atoms with Crippen molar-refractivity contribution < 1.29 is 39.9 Å². The van der Waals surface area contributed by atoms with Crippen LogP contribution in [0.2, 0.25) is 0 Å². The van der Waals surface area contributed by atoms with Gasteiger partial charge in [-0.3, -0.25) is 0 Å². The van der Waals surface area contributed by atoms with Gasteiger partial charge >= 0.3 is 12.4 Å². The van der Waals surface area contributed by atoms with Gasteiger partial charge in [0.25, 0.3) is 6.36 Å². The van der Waals surface area contributed by atoms with Gasteiger partial charge in [0.05, 0.1) is 6.42 Å². The highest BCUT2D eigenvalue weighted by molar-refractivity contribution is 4.58. The summed E-state index contributed by atoms with van der Waals surface area (Å²) in [5.41, 5.74) is 0. The van der Waals surface area contributed by atoms with Crippen molar-refractivity contribution in [2.75, 3.05) is 0 Å². The molecule has 0 aromatic heterocycles. The molecular weight excluding hydrogens is 228 g/mol. The van der Waals surface area contributed by atoms with Crippen molar-refractivity contribution in [1.82, 2.24) is 0 Å². The van der Waals surface area contributed by atoms with Gasteiger partial charge in [0, 0.05) is 0 Å². The van der Waals surface area contributed by atoms with Crippen LogP contribution in [0.4, 0.5) is 35.1 Å². The fourth-order valence-electron chi connectivity index (χ4n) is 0.437. The van der Waals surface area contributed by atoms with Crippen molar-refractivity contribution in [1.29, 1.82) is 0 Å². The van der Waals surface area contributed by atoms with Crippen LogP contribution in [0.25, 0.3) is 0 Å². The van der Waals surface area contributed by atoms with E-state index in [0.717, 1.165) is 0 Å². The lowest BCUT2D eigenvalue weighted by Gasteiger charge is -2.16. The van der Waals surface area contributed by atoms with Crippen molar-refractivity contribution in [3.63, 3.8) is 0 Å². The van der Waals surface area contributed by atoms with Crippen LogP contribution in [0.1, 0.15) is 6.42 Å². The largest absolute Gasteiger partial charge is 0.445 e. The fraction of sp³-hybridized carbons (Fsp3) is 1.00. The highest BCUT2D eigenvalue weighted by atomic mass is 19.4. The molecule has 0 aromatic rings. The van der Waals surface area contributed by atoms with Crippen molar-refractivity contribution in [2.24, 2.45) is 0 Å². The molecule has 0 N–H and O–H groups in total. The van der Waals surface area contributed by atoms with E-state index in [4.69, 9.17) is 0 Å². The second kappa shape index (κ2) is 4.28. The van der Waals surface area contributed by atoms with Gasteiger partial charge in [-0.25, -0.2) is 8.78 Å². The van der Waals surface area contributed by atoms with Crippen LogP contribution in [0.15, 0.2) is 0 Å². The second-order valence-electron chi connectivity index (χ2n) is 2.22. The lowest BCUT2D eigenvalue weighted by molar-refractivity contribution is -0.303. The minimum absolute atomic E-state index is 2.29. The van der Waals surface area contributed by atoms with Crippen molar-refractivity contribution in [3.8, 4) is 0 Å². The number of hydrogen-bond acceptors (Lipinski definition) is 1. The van der Waals surface area contributed by atoms with Gasteiger partial charge in [-0.1, -0.05) is 0 Å². The first-order chi connectivity index (χ1) is 6.02. The van der Waals surface area contributed by atoms with Gasteiger partial charge in [0.15, 0.2) is 0 Å². The summed E-state index contributed by atoms with van der Waals surface area (Å²) in [4.78, 5) is 0. The smallest absolute Gasteiger partial charge is 0.306 e. The lowest BCUT2D eigenvalue weighted by atomic mass is 10.4. The standard InChI is InChI=1S/C5H4F8O/c6-2(1-4(8,9)10)14-3(7)5(11,12)13/h2-3H,1H2. The first kappa shape index (κ1) is 13.4. The van der Waals surface area contributed by atoms with Gasteiger partial charge in [-0.15, -0.1) is 0 Å². The molecule has 0 amide bonds. The van der Waals surface area contributed by atoms with Gasteiger partial charge in [-0.2, -0.15) is 26.3 Å². The highest BCUT2D eigenvalue weighted by Gasteiger charge is 2.44. The van der Waals surface area contributed by atoms with E-state index in [0.29, 0.717) is 0 Å². The molecule has 2 unspecified atom stereocenters. The number of rotatable bonds is 3. The molecule has 0 radical (unpaired) electrons. The summed E-state index contributed by atoms with van der Waals surface area (Å²) >= 11 is 0. The monoisotopic (exact) mass is 232 g/mol. The Morgan fingerprint density at radius 3 is 1.64 bits per heavy atom. The Kier molecular flexibility index (Phi) is 4.10. The minimum atomic E-state index is -5.53. The lowest BCUT2D eigenvalue weighted by Crippen LogP contribution is -2.32. The Morgan fingerprint density at radius 1 is 0.929 bits per heavy atom. The first-order valence-corrected chi connectivity index (χ1v) is 3.09. The van der Waals surface area contributed by atoms with E-state index in [2.05, 4.69) is 4.74 Å². The van der Waals surface area contributed by atoms with Crippen LogP contribution in [0.5, 0.6) is 0 Å². The maximum atomic E-state index is 12.0. The molecule has 9 heteroatoms. The topological polar surface area (TPSA) is 9.23 Å². The number of hydrogen-bond donors (Lipinski definition) is 0. The summed E-state index contributed by atoms with van der Waals surface area (Å²) in [6, 6.07) is 0. The number of halogens is 8. The maximum absolute atomic E-state index is 12.0. The highest BCUT2D eigenvalue weighted by Crippen LogP contribution is 2.29. The van der Waals surface area contributed by atoms with E-state index < -0.39 is 31.5 Å². The van der Waals surface area contributed by atoms with Crippen molar-refractivity contribution >= 4 is 0 Å². The normalized spacial score (nSPS) is 18.0. The predicted octanol–water partition coefficient (Wildman–Crippen LogP) is 3.11. The molecule has 0 spiro atoms. The van der Waals surface area contributed by atoms with Gasteiger partial charge in [0.2, 0.25) is 6.36 Å². The average Bonchev–Trinajstić information content (AvgIpc) is 1.79. The first-order valence-electron chi connectivity index (χ1n) is 3.09. The number of ether oxygens (including phenoxy) is 1. The summed E-state index contributed by atoms with van der Waals surface area (Å²) < 4.78 is 94.5. The molecular formula is C5H4F8O. The maximum Gasteiger partial charge on any atom is 0.445 e. The third kappa shape index (κ3) is 5.95. The molecule has 0 saturated carbocycles. The van der Waals surface area contributed by atoms with Gasteiger partial charge < -0.3 is 4.74 Å². The van der Waals surface area contributed by atoms with Gasteiger partial charge in [-0.05, 0) is 0 Å². The van der Waals surface area contributed by atoms with Crippen LogP contribution in [-0.4, -0.2) is 25.1 Å². The molecule has 1 nitrogen and oxygen atoms in total. The molecule has 0 aromatic carbocycles. The molecule has 0 rings (SSSR count). The molecule has 86 valence electrons. The fourth-order valence-corrected chi connectivity index (χ4v) is 0.437. The van der Waals surface area contributed by atoms with Crippen LogP contribution in [0.3, 0.4) is 0 Å². The van der Waals surface area contributed by atoms with E-state index in [-0.39, 0.29) is 0 Å². The molecule has 14 heavy (non-hydrogen) atoms. The molecule has 0 bridgehead atoms. The quantitative estimate of drug-likeness (QED) is 0.679. The third-order valence-corrected chi connectivity index (χ3v) is 0.916. The molecule has 0 heterocycles. The summed E-state index contributed by atoms with van der Waals surface area (Å²) in [5.74, 6) is 0. The van der Waals surface area contributed by atoms with E-state index >= 15 is 0 Å². The predicted molar refractivity (Wildman–Crippen MR) is 27.6 cm³/mol. The molecule has 0 fully saturated rings. The van der Waals surface area contributed by atoms with Crippen LogP contribution < -0.4 is 0 Å². The average molecular weight is 232 g/mol. The minimum Gasteiger partial charge on any atom is -0.306 e. The summed E-state index contributed by atoms with van der Waals surface area (Å²) in [6.45, 7) is 0. The van der Waals surface area contributed by atoms with Crippen LogP contribution in [-0.2, 0) is 4.74 Å². The Bertz CT molecular complexity index is 172. The molecule has 0 aliphatic rings.